The summed E-state index contributed by atoms with van der Waals surface area (Å²) in [4.78, 5) is 4.33. The Morgan fingerprint density at radius 1 is 1.50 bits per heavy atom. The number of hydrogen-bond donors (Lipinski definition) is 1. The molecule has 2 heterocycles. The summed E-state index contributed by atoms with van der Waals surface area (Å²) in [6.07, 6.45) is 6.28. The fraction of sp³-hybridized carbons (Fsp3) is 0.583. The first-order chi connectivity index (χ1) is 7.75. The maximum Gasteiger partial charge on any atom is 0.0729 e. The van der Waals surface area contributed by atoms with Gasteiger partial charge >= 0.3 is 0 Å². The monoisotopic (exact) mass is 284 g/mol. The summed E-state index contributed by atoms with van der Waals surface area (Å²) < 4.78 is 6.67. The fourth-order valence-corrected chi connectivity index (χ4v) is 2.24. The molecule has 2 unspecified atom stereocenters. The van der Waals surface area contributed by atoms with Gasteiger partial charge in [-0.15, -0.1) is 0 Å². The second-order valence-electron chi connectivity index (χ2n) is 4.24. The van der Waals surface area contributed by atoms with Gasteiger partial charge in [0, 0.05) is 35.4 Å². The highest BCUT2D eigenvalue weighted by atomic mass is 79.9. The molecule has 1 aromatic rings. The van der Waals surface area contributed by atoms with Crippen LogP contribution in [-0.4, -0.2) is 23.7 Å². The van der Waals surface area contributed by atoms with Gasteiger partial charge < -0.3 is 10.5 Å². The van der Waals surface area contributed by atoms with Crippen LogP contribution in [0.1, 0.15) is 25.0 Å². The Morgan fingerprint density at radius 3 is 3.00 bits per heavy atom. The Bertz CT molecular complexity index is 322. The van der Waals surface area contributed by atoms with E-state index < -0.39 is 0 Å². The van der Waals surface area contributed by atoms with E-state index in [0.29, 0.717) is 0 Å². The minimum absolute atomic E-state index is 0.0639. The summed E-state index contributed by atoms with van der Waals surface area (Å²) >= 11 is 3.37. The standard InChI is InChI=1S/C12H17BrN2O/c13-9-4-5-10(15-8-9)7-11(14)12-3-1-2-6-16-12/h4-5,8,11-12H,1-3,6-7,14H2. The molecule has 0 bridgehead atoms. The predicted molar refractivity (Wildman–Crippen MR) is 67.2 cm³/mol. The van der Waals surface area contributed by atoms with Crippen LogP contribution in [0, 0.1) is 0 Å². The Kier molecular flexibility index (Phi) is 4.32. The highest BCUT2D eigenvalue weighted by Crippen LogP contribution is 2.17. The third-order valence-corrected chi connectivity index (χ3v) is 3.40. The van der Waals surface area contributed by atoms with E-state index in [1.165, 1.54) is 12.8 Å². The van der Waals surface area contributed by atoms with Crippen molar-refractivity contribution in [2.45, 2.75) is 37.8 Å². The number of hydrogen-bond acceptors (Lipinski definition) is 3. The first-order valence-electron chi connectivity index (χ1n) is 5.73. The summed E-state index contributed by atoms with van der Waals surface area (Å²) in [7, 11) is 0. The van der Waals surface area contributed by atoms with Crippen LogP contribution in [-0.2, 0) is 11.2 Å². The molecule has 2 rings (SSSR count). The molecule has 2 atom stereocenters. The van der Waals surface area contributed by atoms with Crippen molar-refractivity contribution in [2.24, 2.45) is 5.73 Å². The maximum absolute atomic E-state index is 6.14. The molecule has 4 heteroatoms. The van der Waals surface area contributed by atoms with Crippen molar-refractivity contribution in [3.8, 4) is 0 Å². The number of aromatic nitrogens is 1. The largest absolute Gasteiger partial charge is 0.377 e. The number of nitrogens with zero attached hydrogens (tertiary/aromatic N) is 1. The average molecular weight is 285 g/mol. The normalized spacial score (nSPS) is 23.0. The van der Waals surface area contributed by atoms with Crippen LogP contribution in [0.25, 0.3) is 0 Å². The van der Waals surface area contributed by atoms with E-state index in [0.717, 1.165) is 29.6 Å². The zero-order chi connectivity index (χ0) is 11.4. The molecule has 88 valence electrons. The van der Waals surface area contributed by atoms with Crippen molar-refractivity contribution >= 4 is 15.9 Å². The van der Waals surface area contributed by atoms with Gasteiger partial charge in [0.2, 0.25) is 0 Å². The molecular weight excluding hydrogens is 268 g/mol. The lowest BCUT2D eigenvalue weighted by Gasteiger charge is -2.27. The zero-order valence-corrected chi connectivity index (χ0v) is 10.8. The van der Waals surface area contributed by atoms with E-state index in [2.05, 4.69) is 20.9 Å². The number of ether oxygens (including phenoxy) is 1. The number of pyridine rings is 1. The van der Waals surface area contributed by atoms with Crippen LogP contribution in [0.2, 0.25) is 0 Å². The molecule has 1 aromatic heterocycles. The summed E-state index contributed by atoms with van der Waals surface area (Å²) in [5, 5.41) is 0. The Morgan fingerprint density at radius 2 is 2.38 bits per heavy atom. The molecule has 0 spiro atoms. The molecule has 1 saturated heterocycles. The molecular formula is C12H17BrN2O. The quantitative estimate of drug-likeness (QED) is 0.927. The van der Waals surface area contributed by atoms with Gasteiger partial charge in [-0.3, -0.25) is 4.98 Å². The molecule has 0 radical (unpaired) electrons. The Labute approximate surface area is 105 Å². The highest BCUT2D eigenvalue weighted by molar-refractivity contribution is 9.10. The van der Waals surface area contributed by atoms with Crippen molar-refractivity contribution in [3.63, 3.8) is 0 Å². The van der Waals surface area contributed by atoms with Gasteiger partial charge in [-0.1, -0.05) is 0 Å². The lowest BCUT2D eigenvalue weighted by molar-refractivity contribution is 0.000470. The predicted octanol–water partition coefficient (Wildman–Crippen LogP) is 2.28. The van der Waals surface area contributed by atoms with Crippen LogP contribution in [0.3, 0.4) is 0 Å². The Hall–Kier alpha value is -0.450. The maximum atomic E-state index is 6.14. The molecule has 1 aliphatic rings. The van der Waals surface area contributed by atoms with Crippen LogP contribution >= 0.6 is 15.9 Å². The second-order valence-corrected chi connectivity index (χ2v) is 5.16. The smallest absolute Gasteiger partial charge is 0.0729 e. The number of nitrogens with two attached hydrogens (primary N) is 1. The van der Waals surface area contributed by atoms with Gasteiger partial charge in [0.25, 0.3) is 0 Å². The lowest BCUT2D eigenvalue weighted by Crippen LogP contribution is -2.40. The van der Waals surface area contributed by atoms with Gasteiger partial charge in [-0.2, -0.15) is 0 Å². The van der Waals surface area contributed by atoms with Crippen LogP contribution in [0.5, 0.6) is 0 Å². The van der Waals surface area contributed by atoms with E-state index in [1.54, 1.807) is 0 Å². The third kappa shape index (κ3) is 3.27. The van der Waals surface area contributed by atoms with Gasteiger partial charge in [-0.05, 0) is 47.3 Å². The van der Waals surface area contributed by atoms with Gasteiger partial charge in [0.1, 0.15) is 0 Å². The van der Waals surface area contributed by atoms with Crippen LogP contribution in [0.15, 0.2) is 22.8 Å². The van der Waals surface area contributed by atoms with Crippen molar-refractivity contribution < 1.29 is 4.74 Å². The molecule has 0 saturated carbocycles. The van der Waals surface area contributed by atoms with Crippen molar-refractivity contribution in [1.29, 1.82) is 0 Å². The number of rotatable bonds is 3. The van der Waals surface area contributed by atoms with E-state index >= 15 is 0 Å². The minimum Gasteiger partial charge on any atom is -0.377 e. The summed E-state index contributed by atoms with van der Waals surface area (Å²) in [6.45, 7) is 0.853. The minimum atomic E-state index is 0.0639. The topological polar surface area (TPSA) is 48.1 Å². The van der Waals surface area contributed by atoms with Crippen molar-refractivity contribution in [1.82, 2.24) is 4.98 Å². The van der Waals surface area contributed by atoms with E-state index in [9.17, 15) is 0 Å². The SMILES string of the molecule is NC(Cc1ccc(Br)cn1)C1CCCCO1. The lowest BCUT2D eigenvalue weighted by atomic mass is 9.99. The Balaban J connectivity index is 1.90. The third-order valence-electron chi connectivity index (χ3n) is 2.93. The highest BCUT2D eigenvalue weighted by Gasteiger charge is 2.21. The van der Waals surface area contributed by atoms with E-state index in [4.69, 9.17) is 10.5 Å². The van der Waals surface area contributed by atoms with Crippen LogP contribution < -0.4 is 5.73 Å². The first kappa shape index (κ1) is 12.0. The van der Waals surface area contributed by atoms with Gasteiger partial charge in [-0.25, -0.2) is 0 Å². The molecule has 0 aliphatic carbocycles. The average Bonchev–Trinajstić information content (AvgIpc) is 2.33. The zero-order valence-electron chi connectivity index (χ0n) is 9.23. The second kappa shape index (κ2) is 5.75. The van der Waals surface area contributed by atoms with Gasteiger partial charge in [0.15, 0.2) is 0 Å². The summed E-state index contributed by atoms with van der Waals surface area (Å²) in [5.74, 6) is 0. The summed E-state index contributed by atoms with van der Waals surface area (Å²) in [5.41, 5.74) is 7.17. The van der Waals surface area contributed by atoms with E-state index in [1.807, 2.05) is 18.3 Å². The molecule has 1 aliphatic heterocycles. The summed E-state index contributed by atoms with van der Waals surface area (Å²) in [6, 6.07) is 4.07. The first-order valence-corrected chi connectivity index (χ1v) is 6.52. The van der Waals surface area contributed by atoms with Crippen molar-refractivity contribution in [3.05, 3.63) is 28.5 Å². The molecule has 0 aromatic carbocycles. The molecule has 0 amide bonds. The van der Waals surface area contributed by atoms with Crippen LogP contribution in [0.4, 0.5) is 0 Å². The van der Waals surface area contributed by atoms with E-state index in [-0.39, 0.29) is 12.1 Å². The van der Waals surface area contributed by atoms with Gasteiger partial charge in [0.05, 0.1) is 6.10 Å². The fourth-order valence-electron chi connectivity index (χ4n) is 2.00. The molecule has 3 nitrogen and oxygen atoms in total. The molecule has 1 fully saturated rings. The van der Waals surface area contributed by atoms with Crippen molar-refractivity contribution in [2.75, 3.05) is 6.61 Å². The number of halogens is 1. The molecule has 2 N–H and O–H groups in total. The molecule has 16 heavy (non-hydrogen) atoms.